The van der Waals surface area contributed by atoms with Crippen molar-refractivity contribution in [1.29, 1.82) is 0 Å². The summed E-state index contributed by atoms with van der Waals surface area (Å²) in [6, 6.07) is 15.4. The van der Waals surface area contributed by atoms with E-state index in [1.54, 1.807) is 18.9 Å². The lowest BCUT2D eigenvalue weighted by Crippen LogP contribution is -2.21. The molecule has 0 aromatic heterocycles. The van der Waals surface area contributed by atoms with Gasteiger partial charge in [-0.1, -0.05) is 43.8 Å². The van der Waals surface area contributed by atoms with Crippen molar-refractivity contribution in [3.8, 4) is 5.75 Å². The van der Waals surface area contributed by atoms with Gasteiger partial charge >= 0.3 is 0 Å². The molecule has 2 aromatic rings. The van der Waals surface area contributed by atoms with E-state index in [4.69, 9.17) is 4.74 Å². The molecular formula is C18H23NOS. The third-order valence-electron chi connectivity index (χ3n) is 3.22. The molecule has 0 saturated carbocycles. The Bertz CT molecular complexity index is 596. The van der Waals surface area contributed by atoms with Gasteiger partial charge in [-0.15, -0.1) is 0 Å². The normalized spacial score (nSPS) is 10.9. The van der Waals surface area contributed by atoms with Gasteiger partial charge in [0.1, 0.15) is 5.75 Å². The lowest BCUT2D eigenvalue weighted by atomic mass is 10.1. The highest BCUT2D eigenvalue weighted by molar-refractivity contribution is 7.99. The smallest absolute Gasteiger partial charge is 0.119 e. The second-order valence-corrected chi connectivity index (χ2v) is 6.53. The van der Waals surface area contributed by atoms with Crippen LogP contribution in [0.25, 0.3) is 0 Å². The fourth-order valence-electron chi connectivity index (χ4n) is 2.05. The first-order valence-electron chi connectivity index (χ1n) is 7.23. The summed E-state index contributed by atoms with van der Waals surface area (Å²) in [5.74, 6) is 0.899. The number of ether oxygens (including phenoxy) is 1. The highest BCUT2D eigenvalue weighted by Crippen LogP contribution is 2.32. The van der Waals surface area contributed by atoms with Crippen molar-refractivity contribution in [1.82, 2.24) is 5.32 Å². The zero-order valence-corrected chi connectivity index (χ0v) is 14.0. The number of hydrogen-bond donors (Lipinski definition) is 1. The van der Waals surface area contributed by atoms with Crippen LogP contribution in [0.15, 0.2) is 52.3 Å². The molecule has 0 unspecified atom stereocenters. The summed E-state index contributed by atoms with van der Waals surface area (Å²) in [7, 11) is 1.70. The minimum Gasteiger partial charge on any atom is -0.497 e. The highest BCUT2D eigenvalue weighted by atomic mass is 32.2. The Morgan fingerprint density at radius 3 is 2.62 bits per heavy atom. The van der Waals surface area contributed by atoms with Gasteiger partial charge in [-0.3, -0.25) is 0 Å². The molecule has 0 aliphatic heterocycles. The molecular weight excluding hydrogens is 278 g/mol. The first-order chi connectivity index (χ1) is 10.1. The van der Waals surface area contributed by atoms with Gasteiger partial charge < -0.3 is 10.1 Å². The Morgan fingerprint density at radius 1 is 1.14 bits per heavy atom. The number of aryl methyl sites for hydroxylation is 1. The lowest BCUT2D eigenvalue weighted by molar-refractivity contribution is 0.413. The van der Waals surface area contributed by atoms with Gasteiger partial charge in [0, 0.05) is 22.4 Å². The maximum Gasteiger partial charge on any atom is 0.119 e. The second kappa shape index (κ2) is 7.53. The molecule has 1 N–H and O–H groups in total. The van der Waals surface area contributed by atoms with Crippen LogP contribution < -0.4 is 10.1 Å². The molecule has 0 fully saturated rings. The largest absolute Gasteiger partial charge is 0.497 e. The molecule has 0 bridgehead atoms. The summed E-state index contributed by atoms with van der Waals surface area (Å²) in [6.07, 6.45) is 0. The molecule has 3 heteroatoms. The zero-order valence-electron chi connectivity index (χ0n) is 13.1. The third-order valence-corrected chi connectivity index (χ3v) is 4.39. The van der Waals surface area contributed by atoms with E-state index >= 15 is 0 Å². The Hall–Kier alpha value is -1.45. The highest BCUT2D eigenvalue weighted by Gasteiger charge is 2.04. The van der Waals surface area contributed by atoms with Crippen LogP contribution in [0.2, 0.25) is 0 Å². The maximum atomic E-state index is 5.27. The summed E-state index contributed by atoms with van der Waals surface area (Å²) in [6.45, 7) is 7.42. The predicted molar refractivity (Wildman–Crippen MR) is 90.3 cm³/mol. The number of rotatable bonds is 6. The Kier molecular flexibility index (Phi) is 5.71. The van der Waals surface area contributed by atoms with Crippen LogP contribution in [0.5, 0.6) is 5.75 Å². The summed E-state index contributed by atoms with van der Waals surface area (Å²) < 4.78 is 5.27. The van der Waals surface area contributed by atoms with Crippen molar-refractivity contribution in [2.75, 3.05) is 7.11 Å². The number of methoxy groups -OCH3 is 1. The zero-order chi connectivity index (χ0) is 15.2. The van der Waals surface area contributed by atoms with E-state index in [-0.39, 0.29) is 0 Å². The molecule has 0 atom stereocenters. The summed E-state index contributed by atoms with van der Waals surface area (Å²) in [5.41, 5.74) is 2.64. The fraction of sp³-hybridized carbons (Fsp3) is 0.333. The van der Waals surface area contributed by atoms with Gasteiger partial charge in [0.2, 0.25) is 0 Å². The quantitative estimate of drug-likeness (QED) is 0.839. The Morgan fingerprint density at radius 2 is 1.95 bits per heavy atom. The SMILES string of the molecule is COc1cccc(Sc2ccc(CNC(C)C)cc2C)c1. The monoisotopic (exact) mass is 301 g/mol. The lowest BCUT2D eigenvalue weighted by Gasteiger charge is -2.11. The van der Waals surface area contributed by atoms with E-state index in [9.17, 15) is 0 Å². The van der Waals surface area contributed by atoms with Gasteiger partial charge in [-0.2, -0.15) is 0 Å². The van der Waals surface area contributed by atoms with Gasteiger partial charge in [0.25, 0.3) is 0 Å². The molecule has 2 nitrogen and oxygen atoms in total. The average Bonchev–Trinajstić information content (AvgIpc) is 2.48. The molecule has 2 aromatic carbocycles. The molecule has 21 heavy (non-hydrogen) atoms. The summed E-state index contributed by atoms with van der Waals surface area (Å²) in [5, 5.41) is 3.45. The Labute approximate surface area is 131 Å². The molecule has 0 spiro atoms. The van der Waals surface area contributed by atoms with Crippen LogP contribution >= 0.6 is 11.8 Å². The summed E-state index contributed by atoms with van der Waals surface area (Å²) in [4.78, 5) is 2.49. The number of hydrogen-bond acceptors (Lipinski definition) is 3. The van der Waals surface area contributed by atoms with E-state index in [2.05, 4.69) is 56.4 Å². The standard InChI is InChI=1S/C18H23NOS/c1-13(2)19-12-15-8-9-18(14(3)10-15)21-17-7-5-6-16(11-17)20-4/h5-11,13,19H,12H2,1-4H3. The fourth-order valence-corrected chi connectivity index (χ4v) is 2.98. The first kappa shape index (κ1) is 15.9. The van der Waals surface area contributed by atoms with Crippen LogP contribution in [-0.2, 0) is 6.54 Å². The van der Waals surface area contributed by atoms with Crippen LogP contribution in [0.3, 0.4) is 0 Å². The number of nitrogens with one attached hydrogen (secondary N) is 1. The van der Waals surface area contributed by atoms with Crippen molar-refractivity contribution in [3.63, 3.8) is 0 Å². The Balaban J connectivity index is 2.09. The molecule has 0 aliphatic carbocycles. The second-order valence-electron chi connectivity index (χ2n) is 5.42. The predicted octanol–water partition coefficient (Wildman–Crippen LogP) is 4.65. The van der Waals surface area contributed by atoms with E-state index < -0.39 is 0 Å². The van der Waals surface area contributed by atoms with E-state index in [1.807, 2.05) is 12.1 Å². The molecule has 0 radical (unpaired) electrons. The average molecular weight is 301 g/mol. The van der Waals surface area contributed by atoms with Crippen LogP contribution in [0, 0.1) is 6.92 Å². The van der Waals surface area contributed by atoms with Crippen molar-refractivity contribution in [2.24, 2.45) is 0 Å². The third kappa shape index (κ3) is 4.80. The molecule has 0 amide bonds. The van der Waals surface area contributed by atoms with E-state index in [0.29, 0.717) is 6.04 Å². The van der Waals surface area contributed by atoms with Crippen LogP contribution in [0.4, 0.5) is 0 Å². The van der Waals surface area contributed by atoms with Gasteiger partial charge in [-0.05, 0) is 42.3 Å². The molecule has 0 heterocycles. The maximum absolute atomic E-state index is 5.27. The van der Waals surface area contributed by atoms with Crippen LogP contribution in [-0.4, -0.2) is 13.2 Å². The number of benzene rings is 2. The minimum absolute atomic E-state index is 0.510. The van der Waals surface area contributed by atoms with Crippen molar-refractivity contribution < 1.29 is 4.74 Å². The van der Waals surface area contributed by atoms with E-state index in [0.717, 1.165) is 12.3 Å². The van der Waals surface area contributed by atoms with E-state index in [1.165, 1.54) is 20.9 Å². The molecule has 0 saturated heterocycles. The van der Waals surface area contributed by atoms with Crippen molar-refractivity contribution in [3.05, 3.63) is 53.6 Å². The van der Waals surface area contributed by atoms with Crippen molar-refractivity contribution in [2.45, 2.75) is 43.1 Å². The van der Waals surface area contributed by atoms with Crippen molar-refractivity contribution >= 4 is 11.8 Å². The molecule has 2 rings (SSSR count). The molecule has 112 valence electrons. The minimum atomic E-state index is 0.510. The first-order valence-corrected chi connectivity index (χ1v) is 8.05. The summed E-state index contributed by atoms with van der Waals surface area (Å²) >= 11 is 1.78. The van der Waals surface area contributed by atoms with Crippen LogP contribution in [0.1, 0.15) is 25.0 Å². The molecule has 0 aliphatic rings. The van der Waals surface area contributed by atoms with Gasteiger partial charge in [0.05, 0.1) is 7.11 Å². The van der Waals surface area contributed by atoms with Gasteiger partial charge in [-0.25, -0.2) is 0 Å². The topological polar surface area (TPSA) is 21.3 Å². The van der Waals surface area contributed by atoms with Gasteiger partial charge in [0.15, 0.2) is 0 Å².